The van der Waals surface area contributed by atoms with Crippen LogP contribution in [0.5, 0.6) is 0 Å². The van der Waals surface area contributed by atoms with Crippen LogP contribution in [-0.4, -0.2) is 6.54 Å². The van der Waals surface area contributed by atoms with Crippen LogP contribution in [0.15, 0.2) is 189 Å². The van der Waals surface area contributed by atoms with Crippen molar-refractivity contribution in [2.45, 2.75) is 58.5 Å². The Kier molecular flexibility index (Phi) is 12.6. The molecule has 0 radical (unpaired) electrons. The molecule has 0 saturated carbocycles. The van der Waals surface area contributed by atoms with Gasteiger partial charge in [0.2, 0.25) is 0 Å². The van der Waals surface area contributed by atoms with E-state index in [1.807, 2.05) is 0 Å². The first-order chi connectivity index (χ1) is 26.8. The van der Waals surface area contributed by atoms with Crippen molar-refractivity contribution in [3.05, 3.63) is 200 Å². The van der Waals surface area contributed by atoms with E-state index in [2.05, 4.69) is 214 Å². The average molecular weight is 709 g/mol. The zero-order valence-corrected chi connectivity index (χ0v) is 31.6. The van der Waals surface area contributed by atoms with Crippen LogP contribution in [0.25, 0.3) is 11.1 Å². The zero-order valence-electron chi connectivity index (χ0n) is 31.6. The van der Waals surface area contributed by atoms with E-state index in [1.165, 1.54) is 63.5 Å². The average Bonchev–Trinajstić information content (AvgIpc) is 3.24. The molecule has 0 unspecified atom stereocenters. The van der Waals surface area contributed by atoms with Gasteiger partial charge in [-0.15, -0.1) is 0 Å². The smallest absolute Gasteiger partial charge is 0.169 e. The van der Waals surface area contributed by atoms with Gasteiger partial charge in [0, 0.05) is 49.3 Å². The van der Waals surface area contributed by atoms with E-state index >= 15 is 0 Å². The molecule has 0 spiro atoms. The molecule has 54 heavy (non-hydrogen) atoms. The SMILES string of the molecule is CCCCN1c2ccccc2N(c2ccccc2)c2ccccc21.c1ccc(CCC[n+]2ccc(-c3cc[n+](CCCc4ccccc4)cc3)cc2)cc1. The van der Waals surface area contributed by atoms with E-state index < -0.39 is 0 Å². The highest BCUT2D eigenvalue weighted by Crippen LogP contribution is 2.51. The molecule has 0 saturated heterocycles. The first-order valence-corrected chi connectivity index (χ1v) is 19.6. The minimum absolute atomic E-state index is 1.05. The van der Waals surface area contributed by atoms with Crippen molar-refractivity contribution in [3.8, 4) is 11.1 Å². The monoisotopic (exact) mass is 708 g/mol. The van der Waals surface area contributed by atoms with Crippen LogP contribution in [0.1, 0.15) is 43.7 Å². The Morgan fingerprint density at radius 2 is 0.796 bits per heavy atom. The first-order valence-electron chi connectivity index (χ1n) is 19.6. The Morgan fingerprint density at radius 1 is 0.407 bits per heavy atom. The maximum absolute atomic E-state index is 2.47. The van der Waals surface area contributed by atoms with Crippen molar-refractivity contribution in [1.82, 2.24) is 0 Å². The number of nitrogens with zero attached hydrogens (tertiary/aromatic N) is 4. The number of aromatic nitrogens is 2. The van der Waals surface area contributed by atoms with Gasteiger partial charge in [0.15, 0.2) is 24.8 Å². The predicted molar refractivity (Wildman–Crippen MR) is 225 cm³/mol. The molecule has 0 amide bonds. The number of aryl methyl sites for hydroxylation is 4. The summed E-state index contributed by atoms with van der Waals surface area (Å²) in [5.41, 5.74) is 11.6. The van der Waals surface area contributed by atoms with Gasteiger partial charge in [-0.05, 0) is 77.9 Å². The number of benzene rings is 5. The number of pyridine rings is 2. The van der Waals surface area contributed by atoms with Crippen molar-refractivity contribution in [1.29, 1.82) is 0 Å². The van der Waals surface area contributed by atoms with E-state index in [0.717, 1.165) is 45.3 Å². The van der Waals surface area contributed by atoms with E-state index in [4.69, 9.17) is 0 Å². The summed E-state index contributed by atoms with van der Waals surface area (Å²) >= 11 is 0. The third-order valence-corrected chi connectivity index (χ3v) is 10.1. The number of hydrogen-bond acceptors (Lipinski definition) is 2. The Morgan fingerprint density at radius 3 is 1.22 bits per heavy atom. The molecular weight excluding hydrogens is 657 g/mol. The molecule has 8 rings (SSSR count). The van der Waals surface area contributed by atoms with Gasteiger partial charge < -0.3 is 9.80 Å². The third kappa shape index (κ3) is 9.31. The number of unbranched alkanes of at least 4 members (excludes halogenated alkanes) is 1. The Balaban J connectivity index is 0.000000171. The number of para-hydroxylation sites is 5. The summed E-state index contributed by atoms with van der Waals surface area (Å²) in [6.45, 7) is 5.39. The summed E-state index contributed by atoms with van der Waals surface area (Å²) in [4.78, 5) is 4.83. The van der Waals surface area contributed by atoms with Crippen LogP contribution in [-0.2, 0) is 25.9 Å². The summed E-state index contributed by atoms with van der Waals surface area (Å²) in [6.07, 6.45) is 15.7. The molecule has 0 N–H and O–H groups in total. The molecular formula is C50H52N4+2. The standard InChI is InChI=1S/C28H30N2.C22H22N2/c1-3-9-25(10-4-1)13-7-19-29-21-15-27(16-22-29)28-17-23-30(24-18-28)20-8-14-26-11-5-2-6-12-26;1-2-3-17-23-19-13-7-9-15-21(19)24(18-11-5-4-6-12-18)22-16-10-8-14-20(22)23/h1-6,9-12,15-18,21-24H,7-8,13-14,19-20H2;4-16H,2-3,17H2,1H3/q+2;. The lowest BCUT2D eigenvalue weighted by molar-refractivity contribution is -0.697. The van der Waals surface area contributed by atoms with E-state index in [1.54, 1.807) is 0 Å². The molecule has 4 heteroatoms. The van der Waals surface area contributed by atoms with Gasteiger partial charge >= 0.3 is 0 Å². The van der Waals surface area contributed by atoms with Crippen molar-refractivity contribution in [2.24, 2.45) is 0 Å². The summed E-state index contributed by atoms with van der Waals surface area (Å²) in [6, 6.07) is 58.4. The van der Waals surface area contributed by atoms with Gasteiger partial charge in [-0.1, -0.05) is 116 Å². The van der Waals surface area contributed by atoms with Gasteiger partial charge in [0.05, 0.1) is 22.7 Å². The maximum Gasteiger partial charge on any atom is 0.169 e. The van der Waals surface area contributed by atoms with Gasteiger partial charge in [-0.25, -0.2) is 9.13 Å². The molecule has 1 aliphatic rings. The Labute approximate surface area is 322 Å². The molecule has 1 aliphatic heterocycles. The summed E-state index contributed by atoms with van der Waals surface area (Å²) in [7, 11) is 0. The first kappa shape index (κ1) is 36.4. The van der Waals surface area contributed by atoms with Crippen LogP contribution >= 0.6 is 0 Å². The molecule has 270 valence electrons. The fraction of sp³-hybridized carbons (Fsp3) is 0.200. The van der Waals surface area contributed by atoms with Crippen molar-refractivity contribution in [2.75, 3.05) is 16.3 Å². The molecule has 0 atom stereocenters. The molecule has 3 heterocycles. The topological polar surface area (TPSA) is 14.2 Å². The van der Waals surface area contributed by atoms with Crippen LogP contribution < -0.4 is 18.9 Å². The van der Waals surface area contributed by atoms with Gasteiger partial charge in [0.25, 0.3) is 0 Å². The summed E-state index contributed by atoms with van der Waals surface area (Å²) < 4.78 is 4.55. The summed E-state index contributed by atoms with van der Waals surface area (Å²) in [5, 5.41) is 0. The summed E-state index contributed by atoms with van der Waals surface area (Å²) in [5.74, 6) is 0. The lowest BCUT2D eigenvalue weighted by Crippen LogP contribution is -2.33. The molecule has 0 aliphatic carbocycles. The maximum atomic E-state index is 2.47. The van der Waals surface area contributed by atoms with Crippen LogP contribution in [0.2, 0.25) is 0 Å². The van der Waals surface area contributed by atoms with E-state index in [-0.39, 0.29) is 0 Å². The molecule has 4 nitrogen and oxygen atoms in total. The lowest BCUT2D eigenvalue weighted by atomic mass is 10.1. The second kappa shape index (κ2) is 18.7. The fourth-order valence-electron chi connectivity index (χ4n) is 7.25. The Hall–Kier alpha value is -6.00. The molecule has 0 fully saturated rings. The highest BCUT2D eigenvalue weighted by molar-refractivity contribution is 5.97. The molecule has 0 bridgehead atoms. The van der Waals surface area contributed by atoms with Crippen molar-refractivity contribution >= 4 is 28.4 Å². The van der Waals surface area contributed by atoms with Crippen LogP contribution in [0.3, 0.4) is 0 Å². The van der Waals surface area contributed by atoms with Gasteiger partial charge in [-0.2, -0.15) is 0 Å². The number of rotatable bonds is 13. The highest BCUT2D eigenvalue weighted by Gasteiger charge is 2.28. The number of fused-ring (bicyclic) bond motifs is 2. The lowest BCUT2D eigenvalue weighted by Gasteiger charge is -2.40. The number of hydrogen-bond donors (Lipinski definition) is 0. The van der Waals surface area contributed by atoms with Gasteiger partial charge in [-0.3, -0.25) is 0 Å². The zero-order chi connectivity index (χ0) is 36.8. The largest absolute Gasteiger partial charge is 0.338 e. The van der Waals surface area contributed by atoms with E-state index in [9.17, 15) is 0 Å². The van der Waals surface area contributed by atoms with E-state index in [0.29, 0.717) is 0 Å². The minimum atomic E-state index is 1.05. The van der Waals surface area contributed by atoms with Crippen LogP contribution in [0.4, 0.5) is 28.4 Å². The molecule has 2 aromatic heterocycles. The Bertz CT molecular complexity index is 2010. The number of anilines is 5. The van der Waals surface area contributed by atoms with Gasteiger partial charge in [0.1, 0.15) is 13.1 Å². The molecule has 5 aromatic carbocycles. The van der Waals surface area contributed by atoms with Crippen molar-refractivity contribution < 1.29 is 9.13 Å². The normalized spacial score (nSPS) is 11.6. The highest BCUT2D eigenvalue weighted by atomic mass is 15.3. The molecule has 7 aromatic rings. The predicted octanol–water partition coefficient (Wildman–Crippen LogP) is 11.6. The fourth-order valence-corrected chi connectivity index (χ4v) is 7.25. The van der Waals surface area contributed by atoms with Crippen LogP contribution in [0, 0.1) is 0 Å². The second-order valence-electron chi connectivity index (χ2n) is 14.0. The second-order valence-corrected chi connectivity index (χ2v) is 14.0. The quantitative estimate of drug-likeness (QED) is 0.111. The minimum Gasteiger partial charge on any atom is -0.338 e. The third-order valence-electron chi connectivity index (χ3n) is 10.1. The van der Waals surface area contributed by atoms with Crippen molar-refractivity contribution in [3.63, 3.8) is 0 Å².